The Morgan fingerprint density at radius 1 is 1.06 bits per heavy atom. The van der Waals surface area contributed by atoms with Crippen molar-refractivity contribution < 1.29 is 0 Å². The van der Waals surface area contributed by atoms with Crippen molar-refractivity contribution in [2.75, 3.05) is 43.4 Å². The third kappa shape index (κ3) is 3.39. The molecule has 2 atom stereocenters. The predicted molar refractivity (Wildman–Crippen MR) is 128 cm³/mol. The molecule has 8 heteroatoms. The minimum absolute atomic E-state index is 0.422. The zero-order valence-corrected chi connectivity index (χ0v) is 18.6. The molecule has 1 saturated carbocycles. The van der Waals surface area contributed by atoms with E-state index in [9.17, 15) is 0 Å². The van der Waals surface area contributed by atoms with Crippen LogP contribution in [0, 0.1) is 0 Å². The summed E-state index contributed by atoms with van der Waals surface area (Å²) in [6, 6.07) is 7.15. The van der Waals surface area contributed by atoms with Gasteiger partial charge in [-0.1, -0.05) is 19.4 Å². The number of hydrogen-bond donors (Lipinski definition) is 2. The molecule has 0 amide bonds. The van der Waals surface area contributed by atoms with E-state index >= 15 is 0 Å². The van der Waals surface area contributed by atoms with Crippen LogP contribution in [0.4, 0.5) is 17.5 Å². The van der Waals surface area contributed by atoms with Crippen molar-refractivity contribution in [3.05, 3.63) is 42.9 Å². The molecule has 8 nitrogen and oxygen atoms in total. The third-order valence-electron chi connectivity index (χ3n) is 7.16. The number of hydrogen-bond acceptors (Lipinski definition) is 7. The average molecular weight is 431 g/mol. The number of rotatable bonds is 3. The third-order valence-corrected chi connectivity index (χ3v) is 7.16. The van der Waals surface area contributed by atoms with Gasteiger partial charge in [0.15, 0.2) is 0 Å². The molecular weight excluding hydrogens is 400 g/mol. The summed E-state index contributed by atoms with van der Waals surface area (Å²) in [6.45, 7) is 8.50. The van der Waals surface area contributed by atoms with Crippen LogP contribution in [-0.4, -0.2) is 63.7 Å². The van der Waals surface area contributed by atoms with E-state index in [0.717, 1.165) is 60.1 Å². The van der Waals surface area contributed by atoms with E-state index in [4.69, 9.17) is 4.98 Å². The fourth-order valence-corrected chi connectivity index (χ4v) is 5.35. The fraction of sp³-hybridized carbons (Fsp3) is 0.458. The van der Waals surface area contributed by atoms with Crippen LogP contribution in [0.5, 0.6) is 0 Å². The molecule has 2 aliphatic heterocycles. The Morgan fingerprint density at radius 2 is 1.91 bits per heavy atom. The van der Waals surface area contributed by atoms with Gasteiger partial charge in [0, 0.05) is 43.8 Å². The van der Waals surface area contributed by atoms with E-state index in [0.29, 0.717) is 18.0 Å². The van der Waals surface area contributed by atoms with Crippen LogP contribution >= 0.6 is 0 Å². The molecule has 3 aliphatic rings. The second kappa shape index (κ2) is 7.78. The summed E-state index contributed by atoms with van der Waals surface area (Å²) in [7, 11) is 2.17. The van der Waals surface area contributed by atoms with Crippen LogP contribution in [-0.2, 0) is 0 Å². The van der Waals surface area contributed by atoms with E-state index in [2.05, 4.69) is 60.7 Å². The summed E-state index contributed by atoms with van der Waals surface area (Å²) in [5, 5.41) is 7.98. The Balaban J connectivity index is 1.26. The molecule has 0 aromatic carbocycles. The fourth-order valence-electron chi connectivity index (χ4n) is 5.35. The zero-order valence-electron chi connectivity index (χ0n) is 18.6. The molecule has 0 spiro atoms. The second-order valence-electron chi connectivity index (χ2n) is 9.27. The van der Waals surface area contributed by atoms with Gasteiger partial charge in [0.05, 0.1) is 29.3 Å². The number of nitrogens with one attached hydrogen (secondary N) is 2. The highest BCUT2D eigenvalue weighted by Gasteiger charge is 2.34. The van der Waals surface area contributed by atoms with E-state index in [1.165, 1.54) is 25.7 Å². The molecule has 6 rings (SSSR count). The van der Waals surface area contributed by atoms with E-state index in [1.807, 2.05) is 18.5 Å². The van der Waals surface area contributed by atoms with E-state index in [1.54, 1.807) is 0 Å². The molecule has 3 aromatic rings. The van der Waals surface area contributed by atoms with Crippen molar-refractivity contribution in [3.8, 4) is 0 Å². The van der Waals surface area contributed by atoms with Gasteiger partial charge in [-0.2, -0.15) is 4.98 Å². The standard InChI is InChI=1S/C24H30N8/c1-16-21-13-17-14-26-24(29-23(17)32(21)20-6-4-3-5-19(20)27-16)28-22-8-7-18(15-25-22)31-11-9-30(2)10-12-31/h7-8,13-15,19-20,27H,1,3-6,9-12H2,2H3,(H,25,26,28,29)/t19-,20-/m1/s1. The minimum Gasteiger partial charge on any atom is -0.379 e. The number of nitrogens with zero attached hydrogens (tertiary/aromatic N) is 6. The van der Waals surface area contributed by atoms with Crippen LogP contribution < -0.4 is 15.5 Å². The van der Waals surface area contributed by atoms with Gasteiger partial charge in [-0.05, 0) is 38.1 Å². The van der Waals surface area contributed by atoms with Crippen molar-refractivity contribution in [2.24, 2.45) is 0 Å². The van der Waals surface area contributed by atoms with Gasteiger partial charge < -0.3 is 25.0 Å². The number of aromatic nitrogens is 4. The highest BCUT2D eigenvalue weighted by molar-refractivity contribution is 5.83. The predicted octanol–water partition coefficient (Wildman–Crippen LogP) is 3.38. The monoisotopic (exact) mass is 430 g/mol. The van der Waals surface area contributed by atoms with Crippen LogP contribution in [0.25, 0.3) is 16.7 Å². The largest absolute Gasteiger partial charge is 0.379 e. The summed E-state index contributed by atoms with van der Waals surface area (Å²) in [4.78, 5) is 18.8. The molecule has 0 bridgehead atoms. The molecule has 166 valence electrons. The van der Waals surface area contributed by atoms with Crippen molar-refractivity contribution in [2.45, 2.75) is 37.8 Å². The summed E-state index contributed by atoms with van der Waals surface area (Å²) < 4.78 is 2.38. The smallest absolute Gasteiger partial charge is 0.230 e. The lowest BCUT2D eigenvalue weighted by atomic mass is 9.88. The Kier molecular flexibility index (Phi) is 4.75. The van der Waals surface area contributed by atoms with Crippen molar-refractivity contribution in [1.82, 2.24) is 29.7 Å². The van der Waals surface area contributed by atoms with Crippen molar-refractivity contribution in [1.29, 1.82) is 0 Å². The van der Waals surface area contributed by atoms with Crippen molar-refractivity contribution >= 4 is 34.2 Å². The number of piperazine rings is 1. The van der Waals surface area contributed by atoms with Crippen molar-refractivity contribution in [3.63, 3.8) is 0 Å². The van der Waals surface area contributed by atoms with Gasteiger partial charge in [0.2, 0.25) is 5.95 Å². The lowest BCUT2D eigenvalue weighted by Crippen LogP contribution is -2.44. The van der Waals surface area contributed by atoms with E-state index in [-0.39, 0.29) is 0 Å². The second-order valence-corrected chi connectivity index (χ2v) is 9.27. The molecule has 32 heavy (non-hydrogen) atoms. The highest BCUT2D eigenvalue weighted by Crippen LogP contribution is 2.39. The van der Waals surface area contributed by atoms with Crippen LogP contribution in [0.2, 0.25) is 0 Å². The molecule has 5 heterocycles. The van der Waals surface area contributed by atoms with Gasteiger partial charge in [0.1, 0.15) is 11.5 Å². The lowest BCUT2D eigenvalue weighted by Gasteiger charge is -2.39. The quantitative estimate of drug-likeness (QED) is 0.660. The number of pyridine rings is 1. The molecular formula is C24H30N8. The number of fused-ring (bicyclic) bond motifs is 5. The molecule has 3 aromatic heterocycles. The SMILES string of the molecule is C=C1N[C@@H]2CCCC[C@H]2n2c1cc1cnc(Nc3ccc(N4CCN(C)CC4)cn3)nc12. The maximum atomic E-state index is 4.91. The Bertz CT molecular complexity index is 1140. The summed E-state index contributed by atoms with van der Waals surface area (Å²) in [5.74, 6) is 1.34. The summed E-state index contributed by atoms with van der Waals surface area (Å²) >= 11 is 0. The Morgan fingerprint density at radius 3 is 2.72 bits per heavy atom. The molecule has 1 aliphatic carbocycles. The Hall–Kier alpha value is -3.13. The van der Waals surface area contributed by atoms with Gasteiger partial charge in [0.25, 0.3) is 0 Å². The van der Waals surface area contributed by atoms with Gasteiger partial charge in [-0.3, -0.25) is 0 Å². The normalized spacial score (nSPS) is 23.5. The minimum atomic E-state index is 0.422. The first-order valence-corrected chi connectivity index (χ1v) is 11.7. The molecule has 0 radical (unpaired) electrons. The first kappa shape index (κ1) is 19.5. The summed E-state index contributed by atoms with van der Waals surface area (Å²) in [6.07, 6.45) is 8.72. The first-order valence-electron chi connectivity index (χ1n) is 11.7. The van der Waals surface area contributed by atoms with Crippen LogP contribution in [0.1, 0.15) is 37.4 Å². The highest BCUT2D eigenvalue weighted by atomic mass is 15.3. The molecule has 0 unspecified atom stereocenters. The van der Waals surface area contributed by atoms with Gasteiger partial charge >= 0.3 is 0 Å². The van der Waals surface area contributed by atoms with Gasteiger partial charge in [-0.15, -0.1) is 0 Å². The first-order chi connectivity index (χ1) is 15.7. The van der Waals surface area contributed by atoms with Crippen LogP contribution in [0.15, 0.2) is 37.2 Å². The molecule has 1 saturated heterocycles. The van der Waals surface area contributed by atoms with Gasteiger partial charge in [-0.25, -0.2) is 9.97 Å². The maximum Gasteiger partial charge on any atom is 0.230 e. The van der Waals surface area contributed by atoms with Crippen LogP contribution in [0.3, 0.4) is 0 Å². The average Bonchev–Trinajstić information content (AvgIpc) is 3.20. The summed E-state index contributed by atoms with van der Waals surface area (Å²) in [5.41, 5.74) is 4.26. The molecule has 2 N–H and O–H groups in total. The number of anilines is 3. The molecule has 2 fully saturated rings. The lowest BCUT2D eigenvalue weighted by molar-refractivity contribution is 0.274. The number of likely N-dealkylation sites (N-methyl/N-ethyl adjacent to an activating group) is 1. The maximum absolute atomic E-state index is 4.91. The van der Waals surface area contributed by atoms with E-state index < -0.39 is 0 Å². The zero-order chi connectivity index (χ0) is 21.7. The Labute approximate surface area is 188 Å². The topological polar surface area (TPSA) is 74.1 Å².